The molecule has 4 heteroatoms. The van der Waals surface area contributed by atoms with Crippen LogP contribution < -0.4 is 4.85 Å². The van der Waals surface area contributed by atoms with E-state index < -0.39 is 0 Å². The zero-order valence-corrected chi connectivity index (χ0v) is 10.4. The number of para-hydroxylation sites is 1. The highest BCUT2D eigenvalue weighted by molar-refractivity contribution is 5.81. The molecule has 0 unspecified atom stereocenters. The van der Waals surface area contributed by atoms with Crippen molar-refractivity contribution in [2.75, 3.05) is 0 Å². The molecule has 19 heavy (non-hydrogen) atoms. The first-order chi connectivity index (χ1) is 9.22. The normalized spacial score (nSPS) is 10.5. The van der Waals surface area contributed by atoms with Crippen LogP contribution in [0.4, 0.5) is 0 Å². The van der Waals surface area contributed by atoms with Gasteiger partial charge in [-0.3, -0.25) is 0 Å². The lowest BCUT2D eigenvalue weighted by atomic mass is 10.2. The predicted octanol–water partition coefficient (Wildman–Crippen LogP) is 2.44. The number of benzene rings is 2. The SMILES string of the molecule is Cc1ccc(-n2c(C#N)c3ccccc3[n+]2[O-])cc1. The van der Waals surface area contributed by atoms with Gasteiger partial charge in [-0.1, -0.05) is 39.4 Å². The molecule has 0 bridgehead atoms. The topological polar surface area (TPSA) is 55.7 Å². The third-order valence-corrected chi connectivity index (χ3v) is 3.14. The van der Waals surface area contributed by atoms with Gasteiger partial charge in [0.1, 0.15) is 11.8 Å². The van der Waals surface area contributed by atoms with Crippen molar-refractivity contribution in [2.24, 2.45) is 0 Å². The Morgan fingerprint density at radius 3 is 2.47 bits per heavy atom. The van der Waals surface area contributed by atoms with Gasteiger partial charge in [-0.2, -0.15) is 5.26 Å². The fraction of sp³-hybridized carbons (Fsp3) is 0.0667. The summed E-state index contributed by atoms with van der Waals surface area (Å²) < 4.78 is 1.39. The summed E-state index contributed by atoms with van der Waals surface area (Å²) in [5, 5.41) is 22.3. The molecule has 0 fully saturated rings. The zero-order valence-electron chi connectivity index (χ0n) is 10.4. The summed E-state index contributed by atoms with van der Waals surface area (Å²) in [6.07, 6.45) is 0. The Morgan fingerprint density at radius 2 is 1.79 bits per heavy atom. The molecular formula is C15H11N3O. The molecule has 0 saturated heterocycles. The highest BCUT2D eigenvalue weighted by Gasteiger charge is 2.21. The van der Waals surface area contributed by atoms with E-state index in [1.165, 1.54) is 4.68 Å². The summed E-state index contributed by atoms with van der Waals surface area (Å²) in [6.45, 7) is 1.98. The smallest absolute Gasteiger partial charge is 0.253 e. The minimum Gasteiger partial charge on any atom is -0.595 e. The first kappa shape index (κ1) is 11.3. The number of aryl methyl sites for hydroxylation is 1. The number of aromatic nitrogens is 2. The molecule has 0 radical (unpaired) electrons. The Balaban J connectivity index is 2.38. The summed E-state index contributed by atoms with van der Waals surface area (Å²) >= 11 is 0. The van der Waals surface area contributed by atoms with E-state index in [2.05, 4.69) is 6.07 Å². The number of hydrogen-bond acceptors (Lipinski definition) is 2. The summed E-state index contributed by atoms with van der Waals surface area (Å²) in [4.78, 5) is 0.762. The van der Waals surface area contributed by atoms with E-state index in [1.54, 1.807) is 18.2 Å². The average molecular weight is 249 g/mol. The maximum Gasteiger partial charge on any atom is 0.253 e. The predicted molar refractivity (Wildman–Crippen MR) is 71.7 cm³/mol. The van der Waals surface area contributed by atoms with Crippen LogP contribution in [0.5, 0.6) is 0 Å². The second kappa shape index (κ2) is 4.14. The lowest BCUT2D eigenvalue weighted by molar-refractivity contribution is -0.659. The van der Waals surface area contributed by atoms with Crippen molar-refractivity contribution in [3.05, 3.63) is 65.0 Å². The van der Waals surface area contributed by atoms with Crippen LogP contribution in [0, 0.1) is 23.5 Å². The van der Waals surface area contributed by atoms with Gasteiger partial charge in [0, 0.05) is 6.07 Å². The Labute approximate surface area is 110 Å². The molecule has 0 aliphatic heterocycles. The molecule has 0 spiro atoms. The van der Waals surface area contributed by atoms with E-state index in [-0.39, 0.29) is 0 Å². The molecule has 1 heterocycles. The lowest BCUT2D eigenvalue weighted by Crippen LogP contribution is -2.36. The van der Waals surface area contributed by atoms with E-state index in [0.717, 1.165) is 10.4 Å². The number of nitriles is 1. The Bertz CT molecular complexity index is 795. The van der Waals surface area contributed by atoms with E-state index in [1.807, 2.05) is 37.3 Å². The third kappa shape index (κ3) is 1.64. The fourth-order valence-electron chi connectivity index (χ4n) is 2.18. The molecule has 3 aromatic rings. The summed E-state index contributed by atoms with van der Waals surface area (Å²) in [6, 6.07) is 16.7. The largest absolute Gasteiger partial charge is 0.595 e. The highest BCUT2D eigenvalue weighted by atomic mass is 16.5. The summed E-state index contributed by atoms with van der Waals surface area (Å²) in [7, 11) is 0. The number of hydrogen-bond donors (Lipinski definition) is 0. The van der Waals surface area contributed by atoms with Crippen molar-refractivity contribution in [1.82, 2.24) is 4.68 Å². The van der Waals surface area contributed by atoms with Crippen LogP contribution in [0.2, 0.25) is 0 Å². The van der Waals surface area contributed by atoms with Gasteiger partial charge in [-0.15, -0.1) is 0 Å². The average Bonchev–Trinajstić information content (AvgIpc) is 2.73. The maximum absolute atomic E-state index is 12.3. The van der Waals surface area contributed by atoms with Crippen LogP contribution in [0.3, 0.4) is 0 Å². The molecule has 0 N–H and O–H groups in total. The van der Waals surface area contributed by atoms with Crippen molar-refractivity contribution >= 4 is 10.9 Å². The van der Waals surface area contributed by atoms with E-state index in [4.69, 9.17) is 0 Å². The van der Waals surface area contributed by atoms with Gasteiger partial charge in [0.25, 0.3) is 5.52 Å². The van der Waals surface area contributed by atoms with Gasteiger partial charge in [0.15, 0.2) is 5.69 Å². The van der Waals surface area contributed by atoms with Crippen molar-refractivity contribution < 1.29 is 4.85 Å². The van der Waals surface area contributed by atoms with Crippen LogP contribution >= 0.6 is 0 Å². The maximum atomic E-state index is 12.3. The third-order valence-electron chi connectivity index (χ3n) is 3.14. The first-order valence-electron chi connectivity index (χ1n) is 5.93. The van der Waals surface area contributed by atoms with Crippen LogP contribution in [0.1, 0.15) is 11.3 Å². The highest BCUT2D eigenvalue weighted by Crippen LogP contribution is 2.19. The van der Waals surface area contributed by atoms with Crippen LogP contribution in [0.25, 0.3) is 16.6 Å². The molecule has 2 aromatic carbocycles. The Kier molecular flexibility index (Phi) is 2.46. The summed E-state index contributed by atoms with van der Waals surface area (Å²) in [5.41, 5.74) is 2.65. The number of fused-ring (bicyclic) bond motifs is 1. The quantitative estimate of drug-likeness (QED) is 0.491. The minimum atomic E-state index is 0.356. The molecule has 1 aromatic heterocycles. The molecule has 3 rings (SSSR count). The Morgan fingerprint density at radius 1 is 1.11 bits per heavy atom. The minimum absolute atomic E-state index is 0.356. The van der Waals surface area contributed by atoms with Crippen LogP contribution in [-0.4, -0.2) is 4.68 Å². The van der Waals surface area contributed by atoms with Gasteiger partial charge in [0.05, 0.1) is 5.39 Å². The summed E-state index contributed by atoms with van der Waals surface area (Å²) in [5.74, 6) is 0. The van der Waals surface area contributed by atoms with Crippen molar-refractivity contribution in [3.63, 3.8) is 0 Å². The van der Waals surface area contributed by atoms with Crippen LogP contribution in [0.15, 0.2) is 48.5 Å². The molecule has 0 aliphatic rings. The van der Waals surface area contributed by atoms with E-state index in [9.17, 15) is 10.5 Å². The molecule has 0 atom stereocenters. The standard InChI is InChI=1S/C15H11N3O/c1-11-6-8-12(9-7-11)17-15(10-16)13-4-2-3-5-14(13)18(17)19/h2-9H,1H3. The first-order valence-corrected chi connectivity index (χ1v) is 5.93. The molecular weight excluding hydrogens is 238 g/mol. The fourth-order valence-corrected chi connectivity index (χ4v) is 2.18. The molecule has 92 valence electrons. The van der Waals surface area contributed by atoms with Gasteiger partial charge >= 0.3 is 0 Å². The second-order valence-corrected chi connectivity index (χ2v) is 4.40. The molecule has 0 saturated carbocycles. The molecule has 0 amide bonds. The van der Waals surface area contributed by atoms with Crippen molar-refractivity contribution in [2.45, 2.75) is 6.92 Å². The van der Waals surface area contributed by atoms with Gasteiger partial charge in [-0.25, -0.2) is 0 Å². The molecule has 4 nitrogen and oxygen atoms in total. The number of nitrogens with zero attached hydrogens (tertiary/aromatic N) is 3. The van der Waals surface area contributed by atoms with Crippen molar-refractivity contribution in [3.8, 4) is 11.8 Å². The Hall–Kier alpha value is -2.80. The van der Waals surface area contributed by atoms with Crippen molar-refractivity contribution in [1.29, 1.82) is 5.26 Å². The lowest BCUT2D eigenvalue weighted by Gasteiger charge is -2.04. The van der Waals surface area contributed by atoms with Crippen LogP contribution in [-0.2, 0) is 0 Å². The monoisotopic (exact) mass is 249 g/mol. The van der Waals surface area contributed by atoms with E-state index >= 15 is 0 Å². The zero-order chi connectivity index (χ0) is 13.4. The van der Waals surface area contributed by atoms with Gasteiger partial charge in [0.2, 0.25) is 0 Å². The van der Waals surface area contributed by atoms with Gasteiger partial charge < -0.3 is 5.21 Å². The second-order valence-electron chi connectivity index (χ2n) is 4.40. The molecule has 0 aliphatic carbocycles. The number of rotatable bonds is 1. The van der Waals surface area contributed by atoms with E-state index in [0.29, 0.717) is 22.3 Å². The van der Waals surface area contributed by atoms with Gasteiger partial charge in [-0.05, 0) is 25.1 Å².